The molecule has 1 N–H and O–H groups in total. The first-order valence-corrected chi connectivity index (χ1v) is 4.45. The molecule has 1 rings (SSSR count). The fourth-order valence-corrected chi connectivity index (χ4v) is 1.36. The smallest absolute Gasteiger partial charge is 0.277 e. The second kappa shape index (κ2) is 4.80. The summed E-state index contributed by atoms with van der Waals surface area (Å²) in [5.74, 6) is -1.10. The number of urea groups is 1. The fraction of sp³-hybridized carbons (Fsp3) is 0.667. The zero-order valence-corrected chi connectivity index (χ0v) is 11.7. The molecule has 1 saturated heterocycles. The molecule has 0 aromatic heterocycles. The molecule has 5 nitrogen and oxygen atoms in total. The maximum Gasteiger partial charge on any atom is 2.00 e. The van der Waals surface area contributed by atoms with Crippen molar-refractivity contribution in [2.75, 3.05) is 7.05 Å². The topological polar surface area (TPSA) is 66.5 Å². The SMILES string of the molecule is CC(C)C1(C)C(=O)NC(=O)N(C)C1=O.[Ca+2]. The molecule has 0 bridgehead atoms. The Labute approximate surface area is 119 Å². The number of imide groups is 2. The average molecular weight is 238 g/mol. The van der Waals surface area contributed by atoms with Gasteiger partial charge < -0.3 is 0 Å². The maximum absolute atomic E-state index is 11.8. The van der Waals surface area contributed by atoms with Crippen molar-refractivity contribution >= 4 is 55.6 Å². The Kier molecular flexibility index (Phi) is 4.76. The summed E-state index contributed by atoms with van der Waals surface area (Å²) in [7, 11) is 1.37. The predicted molar refractivity (Wildman–Crippen MR) is 55.0 cm³/mol. The molecular weight excluding hydrogens is 224 g/mol. The predicted octanol–water partition coefficient (Wildman–Crippen LogP) is -0.0239. The minimum Gasteiger partial charge on any atom is -0.277 e. The van der Waals surface area contributed by atoms with Crippen LogP contribution in [0.15, 0.2) is 0 Å². The van der Waals surface area contributed by atoms with Crippen molar-refractivity contribution in [1.29, 1.82) is 0 Å². The fourth-order valence-electron chi connectivity index (χ4n) is 1.36. The van der Waals surface area contributed by atoms with E-state index in [1.807, 2.05) is 0 Å². The van der Waals surface area contributed by atoms with Gasteiger partial charge in [0.2, 0.25) is 11.8 Å². The molecule has 1 unspecified atom stereocenters. The summed E-state index contributed by atoms with van der Waals surface area (Å²) in [5.41, 5.74) is -1.14. The summed E-state index contributed by atoms with van der Waals surface area (Å²) in [6, 6.07) is -0.655. The van der Waals surface area contributed by atoms with Gasteiger partial charge in [0.1, 0.15) is 5.41 Å². The van der Waals surface area contributed by atoms with Gasteiger partial charge in [0.15, 0.2) is 0 Å². The van der Waals surface area contributed by atoms with E-state index in [0.29, 0.717) is 0 Å². The van der Waals surface area contributed by atoms with Gasteiger partial charge in [0, 0.05) is 7.05 Å². The number of hydrogen-bond donors (Lipinski definition) is 1. The van der Waals surface area contributed by atoms with Gasteiger partial charge in [-0.05, 0) is 12.8 Å². The van der Waals surface area contributed by atoms with Crippen LogP contribution in [0.25, 0.3) is 0 Å². The molecular formula is C9H14CaN2O3+2. The Morgan fingerprint density at radius 2 is 1.73 bits per heavy atom. The largest absolute Gasteiger partial charge is 2.00 e. The molecule has 15 heavy (non-hydrogen) atoms. The number of nitrogens with zero attached hydrogens (tertiary/aromatic N) is 1. The van der Waals surface area contributed by atoms with Gasteiger partial charge in [-0.1, -0.05) is 13.8 Å². The van der Waals surface area contributed by atoms with Crippen molar-refractivity contribution in [3.05, 3.63) is 0 Å². The Hall–Kier alpha value is -0.130. The molecule has 1 heterocycles. The van der Waals surface area contributed by atoms with Gasteiger partial charge in [-0.3, -0.25) is 19.8 Å². The first-order valence-electron chi connectivity index (χ1n) is 4.45. The summed E-state index contributed by atoms with van der Waals surface area (Å²) < 4.78 is 0. The minimum atomic E-state index is -1.14. The van der Waals surface area contributed by atoms with Crippen molar-refractivity contribution in [2.24, 2.45) is 11.3 Å². The second-order valence-corrected chi connectivity index (χ2v) is 3.98. The molecule has 4 amide bonds. The normalized spacial score (nSPS) is 26.5. The van der Waals surface area contributed by atoms with Crippen LogP contribution >= 0.6 is 0 Å². The number of carbonyl (C=O) groups is 3. The van der Waals surface area contributed by atoms with E-state index in [9.17, 15) is 14.4 Å². The molecule has 78 valence electrons. The van der Waals surface area contributed by atoms with Crippen molar-refractivity contribution in [3.8, 4) is 0 Å². The van der Waals surface area contributed by atoms with Crippen LogP contribution in [0.4, 0.5) is 4.79 Å². The second-order valence-electron chi connectivity index (χ2n) is 3.98. The molecule has 0 radical (unpaired) electrons. The van der Waals surface area contributed by atoms with Gasteiger partial charge >= 0.3 is 43.8 Å². The number of rotatable bonds is 1. The van der Waals surface area contributed by atoms with E-state index in [1.165, 1.54) is 7.05 Å². The summed E-state index contributed by atoms with van der Waals surface area (Å²) in [5, 5.41) is 2.16. The summed E-state index contributed by atoms with van der Waals surface area (Å²) in [6.45, 7) is 5.11. The van der Waals surface area contributed by atoms with E-state index < -0.39 is 23.3 Å². The third-order valence-electron chi connectivity index (χ3n) is 2.90. The van der Waals surface area contributed by atoms with Crippen molar-refractivity contribution in [1.82, 2.24) is 10.2 Å². The molecule has 1 fully saturated rings. The first-order chi connectivity index (χ1) is 6.31. The number of barbiturate groups is 1. The Balaban J connectivity index is 0.00000196. The van der Waals surface area contributed by atoms with E-state index in [-0.39, 0.29) is 43.7 Å². The van der Waals surface area contributed by atoms with Crippen LogP contribution in [0.1, 0.15) is 20.8 Å². The molecule has 0 aromatic rings. The van der Waals surface area contributed by atoms with Crippen LogP contribution in [0, 0.1) is 11.3 Å². The maximum atomic E-state index is 11.8. The minimum absolute atomic E-state index is 0. The van der Waals surface area contributed by atoms with Crippen molar-refractivity contribution in [3.63, 3.8) is 0 Å². The molecule has 1 atom stereocenters. The molecule has 0 aliphatic carbocycles. The van der Waals surface area contributed by atoms with Gasteiger partial charge in [0.05, 0.1) is 0 Å². The van der Waals surface area contributed by atoms with Crippen LogP contribution < -0.4 is 5.32 Å². The van der Waals surface area contributed by atoms with Crippen molar-refractivity contribution < 1.29 is 14.4 Å². The number of nitrogens with one attached hydrogen (secondary N) is 1. The van der Waals surface area contributed by atoms with E-state index in [2.05, 4.69) is 5.32 Å². The summed E-state index contributed by atoms with van der Waals surface area (Å²) in [6.07, 6.45) is 0. The molecule has 6 heteroatoms. The Morgan fingerprint density at radius 1 is 1.27 bits per heavy atom. The molecule has 0 aromatic carbocycles. The zero-order chi connectivity index (χ0) is 11.1. The number of amides is 4. The van der Waals surface area contributed by atoms with E-state index in [1.54, 1.807) is 20.8 Å². The van der Waals surface area contributed by atoms with Crippen LogP contribution in [0.5, 0.6) is 0 Å². The van der Waals surface area contributed by atoms with Crippen LogP contribution in [0.3, 0.4) is 0 Å². The third kappa shape index (κ3) is 2.19. The van der Waals surface area contributed by atoms with Gasteiger partial charge in [0.25, 0.3) is 0 Å². The zero-order valence-electron chi connectivity index (χ0n) is 9.46. The summed E-state index contributed by atoms with van der Waals surface area (Å²) in [4.78, 5) is 35.3. The van der Waals surface area contributed by atoms with Gasteiger partial charge in [-0.25, -0.2) is 4.79 Å². The summed E-state index contributed by atoms with van der Waals surface area (Å²) >= 11 is 0. The molecule has 1 aliphatic heterocycles. The molecule has 0 spiro atoms. The van der Waals surface area contributed by atoms with E-state index in [4.69, 9.17) is 0 Å². The standard InChI is InChI=1S/C9H14N2O3.Ca/c1-5(2)9(3)6(12)10-8(14)11(4)7(9)13;/h5H,1-4H3,(H,10,12,14);/q;+2. The van der Waals surface area contributed by atoms with Crippen LogP contribution in [-0.4, -0.2) is 67.5 Å². The van der Waals surface area contributed by atoms with Gasteiger partial charge in [-0.15, -0.1) is 0 Å². The molecule has 0 saturated carbocycles. The Morgan fingerprint density at radius 3 is 2.13 bits per heavy atom. The average Bonchev–Trinajstić information content (AvgIpc) is 2.11. The monoisotopic (exact) mass is 238 g/mol. The third-order valence-corrected chi connectivity index (χ3v) is 2.90. The van der Waals surface area contributed by atoms with Crippen LogP contribution in [-0.2, 0) is 9.59 Å². The molecule has 1 aliphatic rings. The number of hydrogen-bond acceptors (Lipinski definition) is 3. The van der Waals surface area contributed by atoms with Crippen molar-refractivity contribution in [2.45, 2.75) is 20.8 Å². The van der Waals surface area contributed by atoms with Crippen LogP contribution in [0.2, 0.25) is 0 Å². The van der Waals surface area contributed by atoms with E-state index in [0.717, 1.165) is 4.90 Å². The van der Waals surface area contributed by atoms with E-state index >= 15 is 0 Å². The number of carbonyl (C=O) groups excluding carboxylic acids is 3. The quantitative estimate of drug-likeness (QED) is 0.515. The Bertz CT molecular complexity index is 316. The first kappa shape index (κ1) is 14.9. The van der Waals surface area contributed by atoms with Gasteiger partial charge in [-0.2, -0.15) is 0 Å².